The maximum atomic E-state index is 10.9. The summed E-state index contributed by atoms with van der Waals surface area (Å²) in [6.07, 6.45) is -0.296. The van der Waals surface area contributed by atoms with Crippen molar-refractivity contribution in [1.82, 2.24) is 4.90 Å². The molecule has 0 rings (SSSR count). The van der Waals surface area contributed by atoms with Gasteiger partial charge < -0.3 is 9.64 Å². The van der Waals surface area contributed by atoms with Gasteiger partial charge in [-0.15, -0.1) is 0 Å². The second-order valence-electron chi connectivity index (χ2n) is 2.51. The van der Waals surface area contributed by atoms with Gasteiger partial charge in [-0.05, 0) is 13.8 Å². The van der Waals surface area contributed by atoms with Crippen LogP contribution in [-0.4, -0.2) is 31.2 Å². The maximum Gasteiger partial charge on any atom is 0.409 e. The number of hydrogen-bond acceptors (Lipinski definition) is 2. The van der Waals surface area contributed by atoms with E-state index in [1.54, 1.807) is 14.0 Å². The Bertz CT molecular complexity index is 154. The van der Waals surface area contributed by atoms with Crippen LogP contribution in [0.25, 0.3) is 0 Å². The molecule has 0 saturated heterocycles. The molecule has 64 valence electrons. The minimum Gasteiger partial charge on any atom is -0.450 e. The third-order valence-corrected chi connectivity index (χ3v) is 1.09. The van der Waals surface area contributed by atoms with E-state index < -0.39 is 0 Å². The van der Waals surface area contributed by atoms with Crippen molar-refractivity contribution in [1.29, 1.82) is 0 Å². The van der Waals surface area contributed by atoms with E-state index in [-0.39, 0.29) is 6.09 Å². The lowest BCUT2D eigenvalue weighted by Crippen LogP contribution is -2.28. The predicted molar refractivity (Wildman–Crippen MR) is 44.5 cm³/mol. The molecule has 0 fully saturated rings. The minimum atomic E-state index is -0.296. The number of ether oxygens (including phenoxy) is 1. The quantitative estimate of drug-likeness (QED) is 0.583. The van der Waals surface area contributed by atoms with E-state index in [1.165, 1.54) is 4.90 Å². The highest BCUT2D eigenvalue weighted by molar-refractivity contribution is 5.67. The number of nitrogens with zero attached hydrogens (tertiary/aromatic N) is 1. The first kappa shape index (κ1) is 10.0. The standard InChI is InChI=1S/C8H15NO2/c1-5-11-8(10)9(4)6-7(2)3/h2,5-6H2,1,3-4H3. The van der Waals surface area contributed by atoms with Gasteiger partial charge in [0.2, 0.25) is 0 Å². The molecule has 0 aliphatic carbocycles. The van der Waals surface area contributed by atoms with E-state index in [1.807, 2.05) is 6.92 Å². The molecule has 11 heavy (non-hydrogen) atoms. The average molecular weight is 157 g/mol. The smallest absolute Gasteiger partial charge is 0.409 e. The predicted octanol–water partition coefficient (Wildman–Crippen LogP) is 1.65. The molecule has 3 nitrogen and oxygen atoms in total. The van der Waals surface area contributed by atoms with E-state index in [9.17, 15) is 4.79 Å². The van der Waals surface area contributed by atoms with Crippen LogP contribution in [0, 0.1) is 0 Å². The molecule has 0 spiro atoms. The molecular weight excluding hydrogens is 142 g/mol. The molecule has 0 aromatic rings. The van der Waals surface area contributed by atoms with Gasteiger partial charge in [-0.1, -0.05) is 12.2 Å². The van der Waals surface area contributed by atoms with Crippen LogP contribution in [0.4, 0.5) is 4.79 Å². The summed E-state index contributed by atoms with van der Waals surface area (Å²) in [6.45, 7) is 8.31. The molecule has 0 aromatic carbocycles. The zero-order valence-corrected chi connectivity index (χ0v) is 7.39. The summed E-state index contributed by atoms with van der Waals surface area (Å²) in [4.78, 5) is 12.4. The molecule has 0 heterocycles. The third kappa shape index (κ3) is 4.42. The molecule has 0 unspecified atom stereocenters. The van der Waals surface area contributed by atoms with Crippen molar-refractivity contribution in [3.63, 3.8) is 0 Å². The van der Waals surface area contributed by atoms with Crippen LogP contribution in [-0.2, 0) is 4.74 Å². The van der Waals surface area contributed by atoms with E-state index >= 15 is 0 Å². The van der Waals surface area contributed by atoms with Crippen LogP contribution in [0.1, 0.15) is 13.8 Å². The van der Waals surface area contributed by atoms with Crippen molar-refractivity contribution < 1.29 is 9.53 Å². The van der Waals surface area contributed by atoms with Crippen molar-refractivity contribution in [3.8, 4) is 0 Å². The van der Waals surface area contributed by atoms with Crippen LogP contribution in [0.5, 0.6) is 0 Å². The van der Waals surface area contributed by atoms with E-state index in [2.05, 4.69) is 6.58 Å². The summed E-state index contributed by atoms with van der Waals surface area (Å²) in [7, 11) is 1.69. The van der Waals surface area contributed by atoms with Crippen LogP contribution < -0.4 is 0 Å². The van der Waals surface area contributed by atoms with E-state index in [4.69, 9.17) is 4.74 Å². The molecule has 0 atom stereocenters. The van der Waals surface area contributed by atoms with E-state index in [0.717, 1.165) is 5.57 Å². The highest BCUT2D eigenvalue weighted by atomic mass is 16.5. The van der Waals surface area contributed by atoms with Gasteiger partial charge in [0.25, 0.3) is 0 Å². The fourth-order valence-electron chi connectivity index (χ4n) is 0.703. The molecule has 3 heteroatoms. The first-order valence-electron chi connectivity index (χ1n) is 3.60. The van der Waals surface area contributed by atoms with Crippen LogP contribution in [0.2, 0.25) is 0 Å². The molecule has 1 amide bonds. The van der Waals surface area contributed by atoms with E-state index in [0.29, 0.717) is 13.2 Å². The van der Waals surface area contributed by atoms with Crippen molar-refractivity contribution in [3.05, 3.63) is 12.2 Å². The van der Waals surface area contributed by atoms with Crippen molar-refractivity contribution >= 4 is 6.09 Å². The molecule has 0 radical (unpaired) electrons. The molecule has 0 N–H and O–H groups in total. The number of likely N-dealkylation sites (N-methyl/N-ethyl adjacent to an activating group) is 1. The maximum absolute atomic E-state index is 10.9. The SMILES string of the molecule is C=C(C)CN(C)C(=O)OCC. The highest BCUT2D eigenvalue weighted by Crippen LogP contribution is 1.95. The van der Waals surface area contributed by atoms with Gasteiger partial charge in [0, 0.05) is 13.6 Å². The molecule has 0 bridgehead atoms. The summed E-state index contributed by atoms with van der Waals surface area (Å²) in [5.41, 5.74) is 0.945. The van der Waals surface area contributed by atoms with Gasteiger partial charge in [0.1, 0.15) is 0 Å². The average Bonchev–Trinajstić information content (AvgIpc) is 1.86. The zero-order chi connectivity index (χ0) is 8.85. The Hall–Kier alpha value is -0.990. The Kier molecular flexibility index (Phi) is 4.34. The summed E-state index contributed by atoms with van der Waals surface area (Å²) in [5, 5.41) is 0. The fraction of sp³-hybridized carbons (Fsp3) is 0.625. The number of carbonyl (C=O) groups excluding carboxylic acids is 1. The number of hydrogen-bond donors (Lipinski definition) is 0. The molecular formula is C8H15NO2. The van der Waals surface area contributed by atoms with Crippen LogP contribution in [0.15, 0.2) is 12.2 Å². The van der Waals surface area contributed by atoms with Gasteiger partial charge in [-0.2, -0.15) is 0 Å². The van der Waals surface area contributed by atoms with Crippen LogP contribution in [0.3, 0.4) is 0 Å². The lowest BCUT2D eigenvalue weighted by molar-refractivity contribution is 0.119. The second-order valence-corrected chi connectivity index (χ2v) is 2.51. The van der Waals surface area contributed by atoms with Gasteiger partial charge in [0.15, 0.2) is 0 Å². The Morgan fingerprint density at radius 2 is 2.18 bits per heavy atom. The van der Waals surface area contributed by atoms with Crippen molar-refractivity contribution in [2.24, 2.45) is 0 Å². The van der Waals surface area contributed by atoms with Gasteiger partial charge in [-0.3, -0.25) is 0 Å². The highest BCUT2D eigenvalue weighted by Gasteiger charge is 2.07. The molecule has 0 saturated carbocycles. The Morgan fingerprint density at radius 1 is 1.64 bits per heavy atom. The lowest BCUT2D eigenvalue weighted by atomic mass is 10.3. The zero-order valence-electron chi connectivity index (χ0n) is 7.39. The van der Waals surface area contributed by atoms with Crippen molar-refractivity contribution in [2.45, 2.75) is 13.8 Å². The third-order valence-electron chi connectivity index (χ3n) is 1.09. The fourth-order valence-corrected chi connectivity index (χ4v) is 0.703. The molecule has 0 aliphatic heterocycles. The minimum absolute atomic E-state index is 0.296. The summed E-state index contributed by atoms with van der Waals surface area (Å²) >= 11 is 0. The Balaban J connectivity index is 3.73. The molecule has 0 aliphatic rings. The first-order valence-corrected chi connectivity index (χ1v) is 3.60. The monoisotopic (exact) mass is 157 g/mol. The number of amides is 1. The number of rotatable bonds is 3. The lowest BCUT2D eigenvalue weighted by Gasteiger charge is -2.15. The summed E-state index contributed by atoms with van der Waals surface area (Å²) in [5.74, 6) is 0. The molecule has 0 aromatic heterocycles. The normalized spacial score (nSPS) is 9.00. The van der Waals surface area contributed by atoms with Crippen molar-refractivity contribution in [2.75, 3.05) is 20.2 Å². The topological polar surface area (TPSA) is 29.5 Å². The second kappa shape index (κ2) is 4.77. The Labute approximate surface area is 67.6 Å². The Morgan fingerprint density at radius 3 is 2.55 bits per heavy atom. The van der Waals surface area contributed by atoms with Gasteiger partial charge in [-0.25, -0.2) is 4.79 Å². The van der Waals surface area contributed by atoms with Crippen LogP contribution >= 0.6 is 0 Å². The number of carbonyl (C=O) groups is 1. The van der Waals surface area contributed by atoms with Gasteiger partial charge in [0.05, 0.1) is 6.61 Å². The first-order chi connectivity index (χ1) is 5.07. The summed E-state index contributed by atoms with van der Waals surface area (Å²) < 4.78 is 4.75. The van der Waals surface area contributed by atoms with Gasteiger partial charge >= 0.3 is 6.09 Å². The largest absolute Gasteiger partial charge is 0.450 e. The summed E-state index contributed by atoms with van der Waals surface area (Å²) in [6, 6.07) is 0.